The van der Waals surface area contributed by atoms with Gasteiger partial charge in [-0.1, -0.05) is 55.7 Å². The fourth-order valence-corrected chi connectivity index (χ4v) is 5.90. The fourth-order valence-electron chi connectivity index (χ4n) is 4.95. The number of carbonyl (C=O) groups excluding carboxylic acids is 2. The van der Waals surface area contributed by atoms with Crippen molar-refractivity contribution in [3.63, 3.8) is 0 Å². The number of aryl methyl sites for hydroxylation is 1. The Morgan fingerprint density at radius 3 is 2.39 bits per heavy atom. The van der Waals surface area contributed by atoms with Crippen molar-refractivity contribution in [2.24, 2.45) is 0 Å². The van der Waals surface area contributed by atoms with Crippen molar-refractivity contribution in [2.75, 3.05) is 24.2 Å². The zero-order valence-electron chi connectivity index (χ0n) is 23.0. The number of sulfonamides is 1. The summed E-state index contributed by atoms with van der Waals surface area (Å²) in [6, 6.07) is 14.4. The molecule has 0 aromatic heterocycles. The Morgan fingerprint density at radius 2 is 1.79 bits per heavy atom. The molecule has 0 aliphatic heterocycles. The molecule has 38 heavy (non-hydrogen) atoms. The van der Waals surface area contributed by atoms with Gasteiger partial charge in [0.25, 0.3) is 0 Å². The molecule has 0 heterocycles. The summed E-state index contributed by atoms with van der Waals surface area (Å²) < 4.78 is 31.6. The van der Waals surface area contributed by atoms with Crippen LogP contribution in [0.5, 0.6) is 5.75 Å². The van der Waals surface area contributed by atoms with E-state index in [1.807, 2.05) is 38.1 Å². The second kappa shape index (κ2) is 13.6. The van der Waals surface area contributed by atoms with E-state index in [0.717, 1.165) is 43.1 Å². The van der Waals surface area contributed by atoms with E-state index in [1.165, 1.54) is 11.4 Å². The minimum atomic E-state index is -3.57. The highest BCUT2D eigenvalue weighted by Gasteiger charge is 2.30. The highest BCUT2D eigenvalue weighted by Crippen LogP contribution is 2.24. The molecule has 0 radical (unpaired) electrons. The van der Waals surface area contributed by atoms with Crippen molar-refractivity contribution in [2.45, 2.75) is 77.4 Å². The van der Waals surface area contributed by atoms with Gasteiger partial charge in [-0.2, -0.15) is 0 Å². The number of hydrogen-bond acceptors (Lipinski definition) is 5. The first-order chi connectivity index (χ1) is 18.1. The van der Waals surface area contributed by atoms with Crippen molar-refractivity contribution in [3.05, 3.63) is 59.7 Å². The summed E-state index contributed by atoms with van der Waals surface area (Å²) in [4.78, 5) is 28.5. The average Bonchev–Trinajstić information content (AvgIpc) is 3.39. The second-order valence-corrected chi connectivity index (χ2v) is 12.0. The Balaban J connectivity index is 1.75. The normalized spacial score (nSPS) is 14.6. The van der Waals surface area contributed by atoms with Crippen LogP contribution in [0.1, 0.15) is 63.0 Å². The number of amides is 2. The molecule has 0 saturated heterocycles. The monoisotopic (exact) mass is 543 g/mol. The first-order valence-electron chi connectivity index (χ1n) is 13.4. The summed E-state index contributed by atoms with van der Waals surface area (Å²) in [6.45, 7) is 4.39. The van der Waals surface area contributed by atoms with E-state index in [0.29, 0.717) is 30.8 Å². The highest BCUT2D eigenvalue weighted by molar-refractivity contribution is 7.92. The third kappa shape index (κ3) is 8.21. The molecule has 2 amide bonds. The quantitative estimate of drug-likeness (QED) is 0.404. The Kier molecular flexibility index (Phi) is 10.6. The fraction of sp³-hybridized carbons (Fsp3) is 0.517. The summed E-state index contributed by atoms with van der Waals surface area (Å²) in [5.74, 6) is 0.266. The predicted octanol–water partition coefficient (Wildman–Crippen LogP) is 4.42. The van der Waals surface area contributed by atoms with Crippen LogP contribution in [0, 0.1) is 6.92 Å². The van der Waals surface area contributed by atoms with Crippen molar-refractivity contribution in [1.29, 1.82) is 0 Å². The maximum atomic E-state index is 13.6. The molecule has 1 N–H and O–H groups in total. The minimum Gasteiger partial charge on any atom is -0.497 e. The molecule has 1 aliphatic carbocycles. The van der Waals surface area contributed by atoms with Gasteiger partial charge in [0.15, 0.2) is 0 Å². The first-order valence-corrected chi connectivity index (χ1v) is 15.2. The summed E-state index contributed by atoms with van der Waals surface area (Å²) in [6.07, 6.45) is 6.24. The highest BCUT2D eigenvalue weighted by atomic mass is 32.2. The van der Waals surface area contributed by atoms with Gasteiger partial charge in [-0.25, -0.2) is 8.42 Å². The van der Waals surface area contributed by atoms with Crippen LogP contribution in [0.4, 0.5) is 5.69 Å². The summed E-state index contributed by atoms with van der Waals surface area (Å²) in [7, 11) is -2.05. The minimum absolute atomic E-state index is 0.117. The van der Waals surface area contributed by atoms with Gasteiger partial charge in [0, 0.05) is 31.6 Å². The van der Waals surface area contributed by atoms with Crippen LogP contribution in [0.2, 0.25) is 0 Å². The lowest BCUT2D eigenvalue weighted by atomic mass is 10.1. The average molecular weight is 544 g/mol. The van der Waals surface area contributed by atoms with Gasteiger partial charge in [-0.05, 0) is 50.3 Å². The van der Waals surface area contributed by atoms with Crippen LogP contribution in [-0.2, 0) is 26.2 Å². The van der Waals surface area contributed by atoms with Gasteiger partial charge in [-0.15, -0.1) is 0 Å². The molecule has 1 aliphatic rings. The van der Waals surface area contributed by atoms with Crippen LogP contribution in [0.15, 0.2) is 48.5 Å². The largest absolute Gasteiger partial charge is 0.497 e. The van der Waals surface area contributed by atoms with Gasteiger partial charge >= 0.3 is 0 Å². The molecule has 0 spiro atoms. The zero-order valence-corrected chi connectivity index (χ0v) is 23.8. The number of benzene rings is 2. The number of anilines is 1. The SMILES string of the molecule is CC[C@H](C(=O)NC1CCCC1)N(Cc1ccc(C)cc1)C(=O)CCCN(c1cccc(OC)c1)S(C)(=O)=O. The number of carbonyl (C=O) groups is 2. The molecule has 3 rings (SSSR count). The standard InChI is InChI=1S/C29H41N3O5S/c1-5-27(29(34)30-24-10-6-7-11-24)31(21-23-17-15-22(2)16-18-23)28(33)14-9-19-32(38(4,35)36)25-12-8-13-26(20-25)37-3/h8,12-13,15-18,20,24,27H,5-7,9-11,14,19,21H2,1-4H3,(H,30,34)/t27-/m1/s1. The molecule has 1 fully saturated rings. The molecule has 1 saturated carbocycles. The van der Waals surface area contributed by atoms with Gasteiger partial charge < -0.3 is 15.0 Å². The van der Waals surface area contributed by atoms with Crippen molar-refractivity contribution in [3.8, 4) is 5.75 Å². The number of rotatable bonds is 13. The van der Waals surface area contributed by atoms with E-state index in [2.05, 4.69) is 5.32 Å². The lowest BCUT2D eigenvalue weighted by Gasteiger charge is -2.32. The molecule has 9 heteroatoms. The van der Waals surface area contributed by atoms with Gasteiger partial charge in [0.1, 0.15) is 11.8 Å². The first kappa shape index (κ1) is 29.5. The lowest BCUT2D eigenvalue weighted by Crippen LogP contribution is -2.51. The number of ether oxygens (including phenoxy) is 1. The molecule has 2 aromatic carbocycles. The Labute approximate surface area is 227 Å². The maximum Gasteiger partial charge on any atom is 0.243 e. The Bertz CT molecular complexity index is 1180. The molecule has 1 atom stereocenters. The van der Waals surface area contributed by atoms with Crippen LogP contribution >= 0.6 is 0 Å². The zero-order chi connectivity index (χ0) is 27.7. The van der Waals surface area contributed by atoms with Gasteiger partial charge in [-0.3, -0.25) is 13.9 Å². The van der Waals surface area contributed by atoms with E-state index >= 15 is 0 Å². The van der Waals surface area contributed by atoms with Crippen molar-refractivity contribution in [1.82, 2.24) is 10.2 Å². The molecular formula is C29H41N3O5S. The van der Waals surface area contributed by atoms with E-state index in [9.17, 15) is 18.0 Å². The number of methoxy groups -OCH3 is 1. The van der Waals surface area contributed by atoms with Crippen molar-refractivity contribution < 1.29 is 22.7 Å². The Morgan fingerprint density at radius 1 is 1.11 bits per heavy atom. The smallest absolute Gasteiger partial charge is 0.243 e. The topological polar surface area (TPSA) is 96.0 Å². The molecule has 2 aromatic rings. The van der Waals surface area contributed by atoms with E-state index in [4.69, 9.17) is 4.74 Å². The third-order valence-corrected chi connectivity index (χ3v) is 8.25. The van der Waals surface area contributed by atoms with Gasteiger partial charge in [0.2, 0.25) is 21.8 Å². The van der Waals surface area contributed by atoms with Gasteiger partial charge in [0.05, 0.1) is 19.1 Å². The van der Waals surface area contributed by atoms with E-state index in [-0.39, 0.29) is 30.8 Å². The third-order valence-electron chi connectivity index (χ3n) is 7.05. The molecule has 0 unspecified atom stereocenters. The number of nitrogens with one attached hydrogen (secondary N) is 1. The molecular weight excluding hydrogens is 502 g/mol. The number of hydrogen-bond donors (Lipinski definition) is 1. The maximum absolute atomic E-state index is 13.6. The summed E-state index contributed by atoms with van der Waals surface area (Å²) in [5.41, 5.74) is 2.56. The van der Waals surface area contributed by atoms with E-state index in [1.54, 1.807) is 29.2 Å². The van der Waals surface area contributed by atoms with Crippen LogP contribution < -0.4 is 14.4 Å². The second-order valence-electron chi connectivity index (χ2n) is 10.1. The molecule has 208 valence electrons. The number of nitrogens with zero attached hydrogens (tertiary/aromatic N) is 2. The Hall–Kier alpha value is -3.07. The molecule has 8 nitrogen and oxygen atoms in total. The summed E-state index contributed by atoms with van der Waals surface area (Å²) >= 11 is 0. The predicted molar refractivity (Wildman–Crippen MR) is 151 cm³/mol. The lowest BCUT2D eigenvalue weighted by molar-refractivity contribution is -0.141. The van der Waals surface area contributed by atoms with Crippen molar-refractivity contribution >= 4 is 27.5 Å². The van der Waals surface area contributed by atoms with E-state index < -0.39 is 16.1 Å². The molecule has 0 bridgehead atoms. The summed E-state index contributed by atoms with van der Waals surface area (Å²) in [5, 5.41) is 3.15. The van der Waals surface area contributed by atoms with Crippen LogP contribution in [0.3, 0.4) is 0 Å². The van der Waals surface area contributed by atoms with Crippen LogP contribution in [-0.4, -0.2) is 57.1 Å². The van der Waals surface area contributed by atoms with Crippen LogP contribution in [0.25, 0.3) is 0 Å².